The Morgan fingerprint density at radius 2 is 1.81 bits per heavy atom. The molecule has 9 nitrogen and oxygen atoms in total. The van der Waals surface area contributed by atoms with E-state index in [1.165, 1.54) is 4.31 Å². The first-order chi connectivity index (χ1) is 20.1. The van der Waals surface area contributed by atoms with E-state index in [9.17, 15) is 18.0 Å². The highest BCUT2D eigenvalue weighted by Gasteiger charge is 2.50. The van der Waals surface area contributed by atoms with Gasteiger partial charge >= 0.3 is 0 Å². The number of hydrogen-bond acceptors (Lipinski definition) is 6. The van der Waals surface area contributed by atoms with E-state index in [2.05, 4.69) is 10.5 Å². The summed E-state index contributed by atoms with van der Waals surface area (Å²) in [5.41, 5.74) is 4.63. The first-order valence-corrected chi connectivity index (χ1v) is 16.3. The van der Waals surface area contributed by atoms with Crippen molar-refractivity contribution in [2.45, 2.75) is 56.3 Å². The molecule has 1 N–H and O–H groups in total. The summed E-state index contributed by atoms with van der Waals surface area (Å²) in [5.74, 6) is -1.69. The molecule has 1 aliphatic carbocycles. The largest absolute Gasteiger partial charge is 0.326 e. The first-order valence-electron chi connectivity index (χ1n) is 13.7. The monoisotopic (exact) mass is 630 g/mol. The summed E-state index contributed by atoms with van der Waals surface area (Å²) in [6, 6.07) is 15.5. The van der Waals surface area contributed by atoms with E-state index in [1.807, 2.05) is 6.07 Å². The van der Waals surface area contributed by atoms with Gasteiger partial charge in [0.15, 0.2) is 0 Å². The van der Waals surface area contributed by atoms with E-state index in [0.29, 0.717) is 45.3 Å². The smallest absolute Gasteiger partial charge is 0.255 e. The molecule has 0 radical (unpaired) electrons. The number of aromatic nitrogens is 1. The zero-order valence-electron chi connectivity index (χ0n) is 23.2. The number of likely N-dealkylation sites (N-methyl/N-ethyl adjacent to an activating group) is 1. The number of rotatable bonds is 8. The van der Waals surface area contributed by atoms with Crippen LogP contribution in [-0.2, 0) is 26.3 Å². The minimum absolute atomic E-state index is 0.0415. The maximum atomic E-state index is 14.4. The molecular formula is C30H32Cl2N4O5S. The molecule has 2 aliphatic rings. The normalized spacial score (nSPS) is 22.6. The van der Waals surface area contributed by atoms with Gasteiger partial charge in [0.1, 0.15) is 6.61 Å². The molecule has 5 rings (SSSR count). The number of carbonyl (C=O) groups excluding carboxylic acids is 2. The summed E-state index contributed by atoms with van der Waals surface area (Å²) < 4.78 is 26.7. The lowest BCUT2D eigenvalue weighted by Crippen LogP contribution is -2.59. The van der Waals surface area contributed by atoms with E-state index < -0.39 is 40.0 Å². The van der Waals surface area contributed by atoms with Gasteiger partial charge in [-0.3, -0.25) is 19.4 Å². The molecule has 1 saturated carbocycles. The van der Waals surface area contributed by atoms with Crippen LogP contribution in [0.4, 0.5) is 0 Å². The van der Waals surface area contributed by atoms with Crippen LogP contribution in [-0.4, -0.2) is 59.8 Å². The van der Waals surface area contributed by atoms with Gasteiger partial charge in [0.2, 0.25) is 10.0 Å². The van der Waals surface area contributed by atoms with Gasteiger partial charge < -0.3 is 4.90 Å². The molecule has 2 heterocycles. The fourth-order valence-electron chi connectivity index (χ4n) is 6.09. The number of fused-ring (bicyclic) bond motifs is 1. The van der Waals surface area contributed by atoms with Crippen LogP contribution < -0.4 is 5.48 Å². The number of hydroxylamine groups is 1. The van der Waals surface area contributed by atoms with Crippen molar-refractivity contribution in [3.8, 4) is 0 Å². The Morgan fingerprint density at radius 1 is 1.07 bits per heavy atom. The number of benzene rings is 2. The van der Waals surface area contributed by atoms with E-state index in [-0.39, 0.29) is 12.5 Å². The van der Waals surface area contributed by atoms with Crippen LogP contribution in [0.15, 0.2) is 66.9 Å². The van der Waals surface area contributed by atoms with Crippen LogP contribution in [0, 0.1) is 0 Å². The van der Waals surface area contributed by atoms with Gasteiger partial charge in [-0.05, 0) is 54.3 Å². The Bertz CT molecular complexity index is 1570. The lowest BCUT2D eigenvalue weighted by molar-refractivity contribution is -0.138. The lowest BCUT2D eigenvalue weighted by atomic mass is 9.76. The van der Waals surface area contributed by atoms with Crippen molar-refractivity contribution in [2.24, 2.45) is 0 Å². The second kappa shape index (κ2) is 12.7. The third-order valence-electron chi connectivity index (χ3n) is 8.10. The number of nitrogens with zero attached hydrogens (tertiary/aromatic N) is 3. The molecule has 2 aromatic carbocycles. The lowest BCUT2D eigenvalue weighted by Gasteiger charge is -2.50. The molecule has 1 fully saturated rings. The number of hydrogen-bond donors (Lipinski definition) is 1. The van der Waals surface area contributed by atoms with Gasteiger partial charge in [0, 0.05) is 40.9 Å². The van der Waals surface area contributed by atoms with E-state index in [4.69, 9.17) is 28.0 Å². The number of amides is 2. The van der Waals surface area contributed by atoms with Crippen LogP contribution in [0.1, 0.15) is 64.8 Å². The molecule has 4 atom stereocenters. The zero-order chi connectivity index (χ0) is 30.0. The fourth-order valence-corrected chi connectivity index (χ4v) is 7.34. The fraction of sp³-hybridized carbons (Fsp3) is 0.367. The van der Waals surface area contributed by atoms with Gasteiger partial charge in [-0.1, -0.05) is 66.4 Å². The van der Waals surface area contributed by atoms with Crippen molar-refractivity contribution in [3.05, 3.63) is 99.3 Å². The number of sulfonamides is 1. The number of carbonyl (C=O) groups is 2. The van der Waals surface area contributed by atoms with Crippen LogP contribution >= 0.6 is 23.2 Å². The number of pyridine rings is 1. The molecule has 0 saturated heterocycles. The highest BCUT2D eigenvalue weighted by molar-refractivity contribution is 7.88. The summed E-state index contributed by atoms with van der Waals surface area (Å²) >= 11 is 13.0. The molecule has 1 aromatic heterocycles. The Kier molecular flexibility index (Phi) is 9.20. The molecule has 12 heteroatoms. The summed E-state index contributed by atoms with van der Waals surface area (Å²) in [7, 11) is -2.03. The first kappa shape index (κ1) is 30.4. The predicted molar refractivity (Wildman–Crippen MR) is 160 cm³/mol. The second-order valence-electron chi connectivity index (χ2n) is 10.7. The van der Waals surface area contributed by atoms with Crippen molar-refractivity contribution >= 4 is 45.0 Å². The van der Waals surface area contributed by atoms with E-state index >= 15 is 0 Å². The molecule has 222 valence electrons. The van der Waals surface area contributed by atoms with Crippen molar-refractivity contribution in [1.29, 1.82) is 0 Å². The molecule has 3 aromatic rings. The van der Waals surface area contributed by atoms with Gasteiger partial charge in [-0.15, -0.1) is 0 Å². The predicted octanol–water partition coefficient (Wildman–Crippen LogP) is 5.12. The topological polar surface area (TPSA) is 109 Å². The zero-order valence-corrected chi connectivity index (χ0v) is 25.6. The Labute approximate surface area is 255 Å². The quantitative estimate of drug-likeness (QED) is 0.346. The Balaban J connectivity index is 1.62. The van der Waals surface area contributed by atoms with Crippen LogP contribution in [0.25, 0.3) is 0 Å². The van der Waals surface area contributed by atoms with E-state index in [1.54, 1.807) is 72.7 Å². The van der Waals surface area contributed by atoms with Crippen LogP contribution in [0.5, 0.6) is 0 Å². The van der Waals surface area contributed by atoms with E-state index in [0.717, 1.165) is 19.1 Å². The van der Waals surface area contributed by atoms with Gasteiger partial charge in [0.05, 0.1) is 23.9 Å². The standard InChI is InChI=1S/C30H32Cl2N4O5S/c1-35(42(2,39)40)25-12-5-6-13-26(25)36-28(23-15-14-19(31)17-24(23)32)27(21-10-3-4-11-22(21)30(36)38)29(37)34-41-18-20-9-7-8-16-33-20/h3-4,7-11,14-17,25-28H,5-6,12-13,18H2,1-2H3,(H,34,37)/t25-,26-,27+,28-/m0/s1. The average molecular weight is 632 g/mol. The van der Waals surface area contributed by atoms with Gasteiger partial charge in [-0.2, -0.15) is 0 Å². The third-order valence-corrected chi connectivity index (χ3v) is 9.98. The summed E-state index contributed by atoms with van der Waals surface area (Å²) in [6.45, 7) is 0.0415. The molecule has 0 bridgehead atoms. The molecular weight excluding hydrogens is 599 g/mol. The maximum Gasteiger partial charge on any atom is 0.255 e. The van der Waals surface area contributed by atoms with Crippen molar-refractivity contribution < 1.29 is 22.8 Å². The maximum absolute atomic E-state index is 14.4. The molecule has 0 unspecified atom stereocenters. The molecule has 2 amide bonds. The Hall–Kier alpha value is -3.02. The van der Waals surface area contributed by atoms with Crippen LogP contribution in [0.2, 0.25) is 10.0 Å². The minimum atomic E-state index is -3.57. The highest BCUT2D eigenvalue weighted by atomic mass is 35.5. The number of halogens is 2. The SMILES string of the molecule is CN([C@H]1CCCC[C@@H]1N1C(=O)c2ccccc2[C@@H](C(=O)NOCc2ccccn2)[C@@H]1c1ccc(Cl)cc1Cl)S(C)(=O)=O. The Morgan fingerprint density at radius 3 is 2.52 bits per heavy atom. The second-order valence-corrected chi connectivity index (χ2v) is 13.5. The highest BCUT2D eigenvalue weighted by Crippen LogP contribution is 2.48. The summed E-state index contributed by atoms with van der Waals surface area (Å²) in [5, 5.41) is 0.700. The van der Waals surface area contributed by atoms with Gasteiger partial charge in [0.25, 0.3) is 11.8 Å². The molecule has 0 spiro atoms. The van der Waals surface area contributed by atoms with Crippen molar-refractivity contribution in [1.82, 2.24) is 19.7 Å². The average Bonchev–Trinajstić information content (AvgIpc) is 2.97. The van der Waals surface area contributed by atoms with Crippen molar-refractivity contribution in [2.75, 3.05) is 13.3 Å². The molecule has 42 heavy (non-hydrogen) atoms. The van der Waals surface area contributed by atoms with Crippen molar-refractivity contribution in [3.63, 3.8) is 0 Å². The van der Waals surface area contributed by atoms with Gasteiger partial charge in [-0.25, -0.2) is 18.2 Å². The molecule has 1 aliphatic heterocycles. The number of nitrogens with one attached hydrogen (secondary N) is 1. The third kappa shape index (κ3) is 6.18. The van der Waals surface area contributed by atoms with Crippen LogP contribution in [0.3, 0.4) is 0 Å². The minimum Gasteiger partial charge on any atom is -0.326 e. The summed E-state index contributed by atoms with van der Waals surface area (Å²) in [6.07, 6.45) is 5.55. The summed E-state index contributed by atoms with van der Waals surface area (Å²) in [4.78, 5) is 39.9.